The van der Waals surface area contributed by atoms with Crippen molar-refractivity contribution in [2.45, 2.75) is 19.9 Å². The van der Waals surface area contributed by atoms with E-state index in [1.54, 1.807) is 6.20 Å². The van der Waals surface area contributed by atoms with Gasteiger partial charge in [0.2, 0.25) is 0 Å². The monoisotopic (exact) mass is 167 g/mol. The molecule has 0 aliphatic carbocycles. The maximum absolute atomic E-state index is 11.0. The van der Waals surface area contributed by atoms with Gasteiger partial charge in [-0.1, -0.05) is 0 Å². The average Bonchev–Trinajstić information content (AvgIpc) is 2.51. The first kappa shape index (κ1) is 8.93. The fraction of sp³-hybridized carbons (Fsp3) is 0.500. The van der Waals surface area contributed by atoms with Gasteiger partial charge in [-0.2, -0.15) is 0 Å². The maximum Gasteiger partial charge on any atom is 0.153 e. The van der Waals surface area contributed by atoms with E-state index in [9.17, 15) is 4.79 Å². The number of rotatable bonds is 4. The molecule has 4 heteroatoms. The summed E-state index contributed by atoms with van der Waals surface area (Å²) < 4.78 is 1.94. The molecule has 0 amide bonds. The van der Waals surface area contributed by atoms with E-state index in [4.69, 9.17) is 5.73 Å². The van der Waals surface area contributed by atoms with Gasteiger partial charge in [-0.05, 0) is 6.92 Å². The second-order valence-corrected chi connectivity index (χ2v) is 2.55. The van der Waals surface area contributed by atoms with E-state index < -0.39 is 0 Å². The van der Waals surface area contributed by atoms with Crippen molar-refractivity contribution in [2.24, 2.45) is 5.73 Å². The molecule has 0 aromatic carbocycles. The van der Waals surface area contributed by atoms with Crippen LogP contribution < -0.4 is 5.73 Å². The third-order valence-corrected chi connectivity index (χ3v) is 1.73. The summed E-state index contributed by atoms with van der Waals surface area (Å²) in [5.41, 5.74) is 5.19. The number of Topliss-reactive ketones (excluding diaryl/α,β-unsaturated/α-hetero) is 1. The van der Waals surface area contributed by atoms with E-state index in [2.05, 4.69) is 4.98 Å². The van der Waals surface area contributed by atoms with Crippen LogP contribution in [0.1, 0.15) is 12.7 Å². The van der Waals surface area contributed by atoms with Crippen molar-refractivity contribution in [1.29, 1.82) is 0 Å². The largest absolute Gasteiger partial charge is 0.335 e. The maximum atomic E-state index is 11.0. The van der Waals surface area contributed by atoms with Crippen LogP contribution in [0.5, 0.6) is 0 Å². The van der Waals surface area contributed by atoms with Gasteiger partial charge in [0.1, 0.15) is 5.82 Å². The Morgan fingerprint density at radius 3 is 3.08 bits per heavy atom. The first-order valence-corrected chi connectivity index (χ1v) is 3.99. The zero-order valence-corrected chi connectivity index (χ0v) is 7.16. The molecule has 0 bridgehead atoms. The SMILES string of the molecule is CCn1ccnc1CC(=O)CN. The number of hydrogen-bond donors (Lipinski definition) is 1. The Morgan fingerprint density at radius 2 is 2.50 bits per heavy atom. The summed E-state index contributed by atoms with van der Waals surface area (Å²) in [6.45, 7) is 2.95. The lowest BCUT2D eigenvalue weighted by Crippen LogP contribution is -2.18. The summed E-state index contributed by atoms with van der Waals surface area (Å²) >= 11 is 0. The molecule has 0 unspecified atom stereocenters. The molecule has 0 aliphatic heterocycles. The van der Waals surface area contributed by atoms with Crippen LogP contribution in [0.15, 0.2) is 12.4 Å². The molecule has 1 aromatic rings. The number of aromatic nitrogens is 2. The van der Waals surface area contributed by atoms with Crippen LogP contribution in [-0.4, -0.2) is 21.9 Å². The molecule has 0 aliphatic rings. The number of nitrogens with zero attached hydrogens (tertiary/aromatic N) is 2. The van der Waals surface area contributed by atoms with Gasteiger partial charge in [0.15, 0.2) is 5.78 Å². The van der Waals surface area contributed by atoms with E-state index >= 15 is 0 Å². The summed E-state index contributed by atoms with van der Waals surface area (Å²) in [5.74, 6) is 0.823. The minimum Gasteiger partial charge on any atom is -0.335 e. The zero-order valence-electron chi connectivity index (χ0n) is 7.16. The number of carbonyl (C=O) groups is 1. The number of nitrogens with two attached hydrogens (primary N) is 1. The second kappa shape index (κ2) is 4.01. The summed E-state index contributed by atoms with van der Waals surface area (Å²) in [6, 6.07) is 0. The highest BCUT2D eigenvalue weighted by Crippen LogP contribution is 1.98. The average molecular weight is 167 g/mol. The lowest BCUT2D eigenvalue weighted by Gasteiger charge is -2.01. The summed E-state index contributed by atoms with van der Waals surface area (Å²) in [7, 11) is 0. The Labute approximate surface area is 71.4 Å². The van der Waals surface area contributed by atoms with E-state index in [0.29, 0.717) is 6.42 Å². The first-order valence-electron chi connectivity index (χ1n) is 3.99. The number of ketones is 1. The Hall–Kier alpha value is -1.16. The second-order valence-electron chi connectivity index (χ2n) is 2.55. The molecule has 12 heavy (non-hydrogen) atoms. The molecule has 4 nitrogen and oxygen atoms in total. The van der Waals surface area contributed by atoms with E-state index in [1.807, 2.05) is 17.7 Å². The Kier molecular flexibility index (Phi) is 2.99. The molecule has 66 valence electrons. The molecule has 0 saturated heterocycles. The van der Waals surface area contributed by atoms with Crippen LogP contribution in [0.2, 0.25) is 0 Å². The number of aryl methyl sites for hydroxylation is 1. The minimum atomic E-state index is 0.0240. The highest BCUT2D eigenvalue weighted by molar-refractivity contribution is 5.81. The highest BCUT2D eigenvalue weighted by Gasteiger charge is 2.05. The van der Waals surface area contributed by atoms with E-state index in [1.165, 1.54) is 0 Å². The van der Waals surface area contributed by atoms with Crippen LogP contribution in [0.4, 0.5) is 0 Å². The van der Waals surface area contributed by atoms with Crippen molar-refractivity contribution in [2.75, 3.05) is 6.54 Å². The van der Waals surface area contributed by atoms with Crippen molar-refractivity contribution in [3.63, 3.8) is 0 Å². The van der Waals surface area contributed by atoms with Crippen molar-refractivity contribution in [3.05, 3.63) is 18.2 Å². The van der Waals surface area contributed by atoms with Crippen LogP contribution in [-0.2, 0) is 17.8 Å². The predicted molar refractivity (Wildman–Crippen MR) is 45.7 cm³/mol. The molecular formula is C8H13N3O. The van der Waals surface area contributed by atoms with Crippen molar-refractivity contribution >= 4 is 5.78 Å². The van der Waals surface area contributed by atoms with Gasteiger partial charge in [0, 0.05) is 18.9 Å². The normalized spacial score (nSPS) is 10.2. The highest BCUT2D eigenvalue weighted by atomic mass is 16.1. The molecular weight excluding hydrogens is 154 g/mol. The minimum absolute atomic E-state index is 0.0240. The quantitative estimate of drug-likeness (QED) is 0.685. The third kappa shape index (κ3) is 1.92. The molecule has 2 N–H and O–H groups in total. The lowest BCUT2D eigenvalue weighted by molar-refractivity contribution is -0.117. The molecule has 0 fully saturated rings. The number of imidazole rings is 1. The van der Waals surface area contributed by atoms with Gasteiger partial charge in [-0.25, -0.2) is 4.98 Å². The van der Waals surface area contributed by atoms with Gasteiger partial charge >= 0.3 is 0 Å². The lowest BCUT2D eigenvalue weighted by atomic mass is 10.3. The van der Waals surface area contributed by atoms with Gasteiger partial charge in [-0.3, -0.25) is 4.79 Å². The molecule has 0 radical (unpaired) electrons. The van der Waals surface area contributed by atoms with Gasteiger partial charge in [-0.15, -0.1) is 0 Å². The van der Waals surface area contributed by atoms with Crippen LogP contribution in [0, 0.1) is 0 Å². The fourth-order valence-electron chi connectivity index (χ4n) is 1.04. The first-order chi connectivity index (χ1) is 5.77. The van der Waals surface area contributed by atoms with Crippen LogP contribution in [0.3, 0.4) is 0 Å². The predicted octanol–water partition coefficient (Wildman–Crippen LogP) is -0.0267. The third-order valence-electron chi connectivity index (χ3n) is 1.73. The smallest absolute Gasteiger partial charge is 0.153 e. The van der Waals surface area contributed by atoms with Crippen molar-refractivity contribution in [1.82, 2.24) is 9.55 Å². The van der Waals surface area contributed by atoms with Gasteiger partial charge in [0.25, 0.3) is 0 Å². The molecule has 0 spiro atoms. The number of hydrogen-bond acceptors (Lipinski definition) is 3. The fourth-order valence-corrected chi connectivity index (χ4v) is 1.04. The van der Waals surface area contributed by atoms with Crippen LogP contribution in [0.25, 0.3) is 0 Å². The Bertz CT molecular complexity index is 267. The summed E-state index contributed by atoms with van der Waals surface area (Å²) in [4.78, 5) is 15.0. The van der Waals surface area contributed by atoms with Crippen LogP contribution >= 0.6 is 0 Å². The van der Waals surface area contributed by atoms with Gasteiger partial charge < -0.3 is 10.3 Å². The Morgan fingerprint density at radius 1 is 1.75 bits per heavy atom. The Balaban J connectivity index is 2.68. The molecule has 1 heterocycles. The van der Waals surface area contributed by atoms with Crippen molar-refractivity contribution < 1.29 is 4.79 Å². The zero-order chi connectivity index (χ0) is 8.97. The molecule has 0 saturated carbocycles. The van der Waals surface area contributed by atoms with E-state index in [0.717, 1.165) is 12.4 Å². The molecule has 0 atom stereocenters. The number of carbonyl (C=O) groups excluding carboxylic acids is 1. The summed E-state index contributed by atoms with van der Waals surface area (Å²) in [6.07, 6.45) is 3.90. The van der Waals surface area contributed by atoms with Gasteiger partial charge in [0.05, 0.1) is 13.0 Å². The summed E-state index contributed by atoms with van der Waals surface area (Å²) in [5, 5.41) is 0. The molecule has 1 aromatic heterocycles. The molecule has 1 rings (SSSR count). The van der Waals surface area contributed by atoms with E-state index in [-0.39, 0.29) is 12.3 Å². The topological polar surface area (TPSA) is 60.9 Å². The van der Waals surface area contributed by atoms with Crippen molar-refractivity contribution in [3.8, 4) is 0 Å². The standard InChI is InChI=1S/C8H13N3O/c1-2-11-4-3-10-8(11)5-7(12)6-9/h3-4H,2,5-6,9H2,1H3.